The minimum atomic E-state index is -0.456. The van der Waals surface area contributed by atoms with Crippen molar-refractivity contribution in [2.24, 2.45) is 0 Å². The fraction of sp³-hybridized carbons (Fsp3) is 0.455. The lowest BCUT2D eigenvalue weighted by molar-refractivity contribution is 0.123. The molecule has 0 bridgehead atoms. The van der Waals surface area contributed by atoms with E-state index in [1.54, 1.807) is 12.2 Å². The summed E-state index contributed by atoms with van der Waals surface area (Å²) in [5.41, 5.74) is 4.90. The van der Waals surface area contributed by atoms with Crippen LogP contribution in [0.2, 0.25) is 0 Å². The fourth-order valence-electron chi connectivity index (χ4n) is 1.62. The predicted molar refractivity (Wildman–Crippen MR) is 51.3 cm³/mol. The third kappa shape index (κ3) is 1.97. The van der Waals surface area contributed by atoms with Gasteiger partial charge in [-0.15, -0.1) is 0 Å². The van der Waals surface area contributed by atoms with E-state index in [4.69, 9.17) is 4.74 Å². The number of rotatable bonds is 2. The molecule has 0 radical (unpaired) electrons. The van der Waals surface area contributed by atoms with Crippen LogP contribution in [0.5, 0.6) is 0 Å². The molecule has 2 rings (SSSR count). The van der Waals surface area contributed by atoms with Crippen LogP contribution in [0.1, 0.15) is 6.42 Å². The maximum Gasteiger partial charge on any atom is 0.215 e. The second-order valence-electron chi connectivity index (χ2n) is 3.57. The van der Waals surface area contributed by atoms with Crippen LogP contribution in [-0.4, -0.2) is 31.1 Å². The highest BCUT2D eigenvalue weighted by Gasteiger charge is 2.22. The van der Waals surface area contributed by atoms with Gasteiger partial charge < -0.3 is 9.64 Å². The number of halogens is 1. The summed E-state index contributed by atoms with van der Waals surface area (Å²) in [6, 6.07) is 0. The Morgan fingerprint density at radius 1 is 1.64 bits per heavy atom. The van der Waals surface area contributed by atoms with E-state index in [0.29, 0.717) is 0 Å². The second-order valence-corrected chi connectivity index (χ2v) is 3.57. The molecule has 1 aliphatic carbocycles. The van der Waals surface area contributed by atoms with E-state index in [1.165, 1.54) is 0 Å². The van der Waals surface area contributed by atoms with Gasteiger partial charge in [-0.25, -0.2) is 0 Å². The Labute approximate surface area is 82.7 Å². The van der Waals surface area contributed by atoms with E-state index in [1.807, 2.05) is 7.05 Å². The summed E-state index contributed by atoms with van der Waals surface area (Å²) in [4.78, 5) is 2.17. The first kappa shape index (κ1) is 9.29. The van der Waals surface area contributed by atoms with Crippen molar-refractivity contribution in [3.63, 3.8) is 0 Å². The highest BCUT2D eigenvalue weighted by Crippen LogP contribution is 2.20. The van der Waals surface area contributed by atoms with Crippen molar-refractivity contribution in [3.05, 3.63) is 35.2 Å². The van der Waals surface area contributed by atoms with Crippen molar-refractivity contribution in [2.75, 3.05) is 20.1 Å². The molecule has 0 aromatic carbocycles. The summed E-state index contributed by atoms with van der Waals surface area (Å²) in [6.45, 7) is 1.87. The van der Waals surface area contributed by atoms with Crippen LogP contribution in [-0.2, 0) is 4.74 Å². The van der Waals surface area contributed by atoms with Crippen LogP contribution < -0.4 is 0 Å². The highest BCUT2D eigenvalue weighted by molar-refractivity contribution is 5.27. The third-order valence-electron chi connectivity index (χ3n) is 2.36. The molecule has 2 nitrogen and oxygen atoms in total. The van der Waals surface area contributed by atoms with E-state index < -0.39 is 5.83 Å². The Balaban J connectivity index is 1.97. The van der Waals surface area contributed by atoms with Gasteiger partial charge in [0.25, 0.3) is 0 Å². The molecule has 1 heterocycles. The van der Waals surface area contributed by atoms with E-state index in [-0.39, 0.29) is 11.9 Å². The number of nitrogens with zero attached hydrogens (tertiary/aromatic N) is 1. The molecule has 1 atom stereocenters. The molecule has 0 aromatic heterocycles. The fourth-order valence-corrected chi connectivity index (χ4v) is 1.62. The zero-order valence-electron chi connectivity index (χ0n) is 8.09. The number of hydrogen-bond donors (Lipinski definition) is 0. The Morgan fingerprint density at radius 3 is 3.14 bits per heavy atom. The van der Waals surface area contributed by atoms with Gasteiger partial charge in [0.1, 0.15) is 6.10 Å². The summed E-state index contributed by atoms with van der Waals surface area (Å²) < 4.78 is 18.6. The number of hydrogen-bond acceptors (Lipinski definition) is 2. The summed E-state index contributed by atoms with van der Waals surface area (Å²) in [6.07, 6.45) is 4.25. The zero-order valence-corrected chi connectivity index (χ0v) is 8.09. The van der Waals surface area contributed by atoms with Gasteiger partial charge in [-0.05, 0) is 31.4 Å². The summed E-state index contributed by atoms with van der Waals surface area (Å²) in [5, 5.41) is 0. The number of likely N-dealkylation sites (tertiary alicyclic amines) is 1. The Kier molecular flexibility index (Phi) is 2.55. The SMILES string of the molecule is CN1CC[C@@H](OC2=CC=C=C=C2F)C1. The van der Waals surface area contributed by atoms with Crippen molar-refractivity contribution < 1.29 is 9.13 Å². The van der Waals surface area contributed by atoms with E-state index >= 15 is 0 Å². The molecule has 14 heavy (non-hydrogen) atoms. The maximum atomic E-state index is 13.1. The monoisotopic (exact) mass is 193 g/mol. The highest BCUT2D eigenvalue weighted by atomic mass is 19.1. The van der Waals surface area contributed by atoms with Gasteiger partial charge >= 0.3 is 0 Å². The molecule has 0 aromatic rings. The molecule has 0 spiro atoms. The van der Waals surface area contributed by atoms with Crippen LogP contribution in [0.4, 0.5) is 4.39 Å². The van der Waals surface area contributed by atoms with Crippen molar-refractivity contribution >= 4 is 0 Å². The Morgan fingerprint density at radius 2 is 2.50 bits per heavy atom. The van der Waals surface area contributed by atoms with Crippen molar-refractivity contribution in [2.45, 2.75) is 12.5 Å². The van der Waals surface area contributed by atoms with Gasteiger partial charge in [0, 0.05) is 13.1 Å². The molecular weight excluding hydrogens is 181 g/mol. The van der Waals surface area contributed by atoms with Gasteiger partial charge in [-0.2, -0.15) is 4.39 Å². The largest absolute Gasteiger partial charge is 0.485 e. The van der Waals surface area contributed by atoms with E-state index in [0.717, 1.165) is 19.5 Å². The maximum absolute atomic E-state index is 13.1. The molecule has 0 N–H and O–H groups in total. The number of ether oxygens (including phenoxy) is 1. The smallest absolute Gasteiger partial charge is 0.215 e. The van der Waals surface area contributed by atoms with Gasteiger partial charge in [0.05, 0.1) is 0 Å². The summed E-state index contributed by atoms with van der Waals surface area (Å²) in [5.74, 6) is -0.175. The van der Waals surface area contributed by atoms with Crippen LogP contribution in [0.3, 0.4) is 0 Å². The first-order valence-electron chi connectivity index (χ1n) is 4.69. The summed E-state index contributed by atoms with van der Waals surface area (Å²) in [7, 11) is 2.03. The minimum Gasteiger partial charge on any atom is -0.485 e. The van der Waals surface area contributed by atoms with Crippen LogP contribution in [0.15, 0.2) is 35.2 Å². The average Bonchev–Trinajstić information content (AvgIpc) is 2.56. The third-order valence-corrected chi connectivity index (χ3v) is 2.36. The quantitative estimate of drug-likeness (QED) is 0.620. The van der Waals surface area contributed by atoms with E-state index in [2.05, 4.69) is 16.4 Å². The number of likely N-dealkylation sites (N-methyl/N-ethyl adjacent to an activating group) is 1. The predicted octanol–water partition coefficient (Wildman–Crippen LogP) is 1.77. The lowest BCUT2D eigenvalue weighted by atomic mass is 10.3. The van der Waals surface area contributed by atoms with Crippen LogP contribution in [0.25, 0.3) is 0 Å². The summed E-state index contributed by atoms with van der Waals surface area (Å²) >= 11 is 0. The second kappa shape index (κ2) is 3.85. The molecule has 3 heteroatoms. The average molecular weight is 193 g/mol. The Hall–Kier alpha value is -1.27. The van der Waals surface area contributed by atoms with Crippen molar-refractivity contribution in [3.8, 4) is 0 Å². The van der Waals surface area contributed by atoms with Gasteiger partial charge in [0.15, 0.2) is 5.76 Å². The zero-order chi connectivity index (χ0) is 9.97. The standard InChI is InChI=1S/C11H12FNO/c1-13-7-6-9(8-13)14-11-5-3-2-4-10(11)12/h3,5,9H,6-8H2,1H3/t9-/m1/s1. The van der Waals surface area contributed by atoms with Crippen LogP contribution in [0, 0.1) is 0 Å². The number of allylic oxidation sites excluding steroid dienone is 3. The molecule has 0 amide bonds. The molecule has 74 valence electrons. The molecule has 1 aliphatic heterocycles. The topological polar surface area (TPSA) is 12.5 Å². The first-order valence-corrected chi connectivity index (χ1v) is 4.69. The van der Waals surface area contributed by atoms with Crippen molar-refractivity contribution in [1.29, 1.82) is 0 Å². The van der Waals surface area contributed by atoms with Gasteiger partial charge in [-0.3, -0.25) is 0 Å². The molecule has 1 fully saturated rings. The Bertz CT molecular complexity index is 359. The van der Waals surface area contributed by atoms with Gasteiger partial charge in [0.2, 0.25) is 5.83 Å². The normalized spacial score (nSPS) is 26.3. The van der Waals surface area contributed by atoms with Gasteiger partial charge in [-0.1, -0.05) is 5.73 Å². The lowest BCUT2D eigenvalue weighted by Crippen LogP contribution is -2.19. The molecule has 2 aliphatic rings. The molecule has 1 saturated heterocycles. The van der Waals surface area contributed by atoms with Crippen molar-refractivity contribution in [1.82, 2.24) is 4.90 Å². The van der Waals surface area contributed by atoms with E-state index in [9.17, 15) is 4.39 Å². The molecule has 0 saturated carbocycles. The van der Waals surface area contributed by atoms with Crippen LogP contribution >= 0.6 is 0 Å². The minimum absolute atomic E-state index is 0.102. The molecule has 0 unspecified atom stereocenters. The first-order chi connectivity index (χ1) is 6.75. The lowest BCUT2D eigenvalue weighted by Gasteiger charge is -2.14. The molecular formula is C11H12FNO.